The van der Waals surface area contributed by atoms with Crippen LogP contribution in [0, 0.1) is 0 Å². The Morgan fingerprint density at radius 2 is 2.00 bits per heavy atom. The second kappa shape index (κ2) is 8.59. The fourth-order valence-corrected chi connectivity index (χ4v) is 2.13. The lowest BCUT2D eigenvalue weighted by Crippen LogP contribution is -2.33. The van der Waals surface area contributed by atoms with E-state index in [1.165, 1.54) is 0 Å². The molecule has 1 amide bonds. The third kappa shape index (κ3) is 5.32. The first-order chi connectivity index (χ1) is 10.0. The Kier molecular flexibility index (Phi) is 7.11. The van der Waals surface area contributed by atoms with E-state index in [1.807, 2.05) is 38.9 Å². The maximum atomic E-state index is 12.6. The molecule has 1 rings (SSSR count). The number of carbonyl (C=O) groups is 1. The Balaban J connectivity index is 2.83. The Labute approximate surface area is 127 Å². The van der Waals surface area contributed by atoms with Crippen molar-refractivity contribution in [2.75, 3.05) is 39.2 Å². The number of nitrogens with two attached hydrogens (primary N) is 1. The number of aromatic nitrogens is 1. The predicted octanol–water partition coefficient (Wildman–Crippen LogP) is 1.34. The summed E-state index contributed by atoms with van der Waals surface area (Å²) in [5.41, 5.74) is 4.02. The maximum absolute atomic E-state index is 12.6. The molecule has 21 heavy (non-hydrogen) atoms. The third-order valence-corrected chi connectivity index (χ3v) is 3.34. The SMILES string of the molecule is CCc1cc(C(=O)N(CC)CCCN(C)C)cc(NN)n1. The molecule has 0 saturated carbocycles. The van der Waals surface area contributed by atoms with Gasteiger partial charge in [0.15, 0.2) is 0 Å². The minimum absolute atomic E-state index is 0.0323. The number of hydrazine groups is 1. The summed E-state index contributed by atoms with van der Waals surface area (Å²) in [5, 5.41) is 0. The lowest BCUT2D eigenvalue weighted by molar-refractivity contribution is 0.0759. The monoisotopic (exact) mass is 293 g/mol. The lowest BCUT2D eigenvalue weighted by Gasteiger charge is -2.22. The van der Waals surface area contributed by atoms with Crippen molar-refractivity contribution in [2.24, 2.45) is 5.84 Å². The molecular weight excluding hydrogens is 266 g/mol. The Morgan fingerprint density at radius 3 is 2.52 bits per heavy atom. The van der Waals surface area contributed by atoms with E-state index in [0.717, 1.165) is 31.6 Å². The lowest BCUT2D eigenvalue weighted by atomic mass is 10.1. The number of hydrogen-bond donors (Lipinski definition) is 2. The molecule has 0 radical (unpaired) electrons. The highest BCUT2D eigenvalue weighted by Crippen LogP contribution is 2.13. The molecule has 0 aromatic carbocycles. The van der Waals surface area contributed by atoms with Crippen LogP contribution >= 0.6 is 0 Å². The van der Waals surface area contributed by atoms with Gasteiger partial charge >= 0.3 is 0 Å². The van der Waals surface area contributed by atoms with Gasteiger partial charge in [0.2, 0.25) is 0 Å². The van der Waals surface area contributed by atoms with Crippen LogP contribution in [0.2, 0.25) is 0 Å². The third-order valence-electron chi connectivity index (χ3n) is 3.34. The van der Waals surface area contributed by atoms with E-state index in [1.54, 1.807) is 6.07 Å². The zero-order valence-corrected chi connectivity index (χ0v) is 13.5. The van der Waals surface area contributed by atoms with Gasteiger partial charge in [-0.25, -0.2) is 10.8 Å². The van der Waals surface area contributed by atoms with Crippen LogP contribution in [0.25, 0.3) is 0 Å². The molecule has 0 aliphatic rings. The molecule has 0 fully saturated rings. The highest BCUT2D eigenvalue weighted by atomic mass is 16.2. The Bertz CT molecular complexity index is 439. The highest BCUT2D eigenvalue weighted by molar-refractivity contribution is 5.95. The summed E-state index contributed by atoms with van der Waals surface area (Å²) < 4.78 is 0. The topological polar surface area (TPSA) is 74.5 Å². The van der Waals surface area contributed by atoms with Crippen LogP contribution in [0.3, 0.4) is 0 Å². The van der Waals surface area contributed by atoms with Crippen molar-refractivity contribution in [3.05, 3.63) is 23.4 Å². The van der Waals surface area contributed by atoms with Crippen molar-refractivity contribution < 1.29 is 4.79 Å². The van der Waals surface area contributed by atoms with Gasteiger partial charge < -0.3 is 15.2 Å². The summed E-state index contributed by atoms with van der Waals surface area (Å²) in [5.74, 6) is 5.98. The van der Waals surface area contributed by atoms with E-state index in [2.05, 4.69) is 15.3 Å². The molecule has 118 valence electrons. The minimum atomic E-state index is 0.0323. The summed E-state index contributed by atoms with van der Waals surface area (Å²) in [4.78, 5) is 20.9. The van der Waals surface area contributed by atoms with Gasteiger partial charge in [-0.2, -0.15) is 0 Å². The summed E-state index contributed by atoms with van der Waals surface area (Å²) in [6.45, 7) is 6.42. The number of pyridine rings is 1. The second-order valence-corrected chi connectivity index (χ2v) is 5.27. The smallest absolute Gasteiger partial charge is 0.254 e. The molecule has 0 spiro atoms. The number of nitrogens with one attached hydrogen (secondary N) is 1. The highest BCUT2D eigenvalue weighted by Gasteiger charge is 2.15. The molecule has 0 aliphatic heterocycles. The summed E-state index contributed by atoms with van der Waals surface area (Å²) in [6.07, 6.45) is 1.73. The average molecular weight is 293 g/mol. The standard InChI is InChI=1S/C15H27N5O/c1-5-13-10-12(11-14(17-13)18-16)15(21)20(6-2)9-7-8-19(3)4/h10-11H,5-9,16H2,1-4H3,(H,17,18). The van der Waals surface area contributed by atoms with E-state index in [9.17, 15) is 4.79 Å². The van der Waals surface area contributed by atoms with Crippen LogP contribution in [0.5, 0.6) is 0 Å². The molecule has 3 N–H and O–H groups in total. The number of nitrogen functional groups attached to an aromatic ring is 1. The molecule has 6 heteroatoms. The van der Waals surface area contributed by atoms with Crippen molar-refractivity contribution in [1.82, 2.24) is 14.8 Å². The van der Waals surface area contributed by atoms with Gasteiger partial charge in [0.25, 0.3) is 5.91 Å². The van der Waals surface area contributed by atoms with Crippen molar-refractivity contribution in [3.8, 4) is 0 Å². The maximum Gasteiger partial charge on any atom is 0.254 e. The minimum Gasteiger partial charge on any atom is -0.339 e. The van der Waals surface area contributed by atoms with Crippen LogP contribution in [0.1, 0.15) is 36.3 Å². The first-order valence-electron chi connectivity index (χ1n) is 7.43. The van der Waals surface area contributed by atoms with Gasteiger partial charge in [-0.15, -0.1) is 0 Å². The van der Waals surface area contributed by atoms with Gasteiger partial charge in [-0.3, -0.25) is 4.79 Å². The van der Waals surface area contributed by atoms with Crippen LogP contribution < -0.4 is 11.3 Å². The van der Waals surface area contributed by atoms with E-state index >= 15 is 0 Å². The number of anilines is 1. The van der Waals surface area contributed by atoms with Gasteiger partial charge in [0.05, 0.1) is 0 Å². The van der Waals surface area contributed by atoms with Gasteiger partial charge in [-0.1, -0.05) is 6.92 Å². The molecule has 0 unspecified atom stereocenters. The first kappa shape index (κ1) is 17.4. The summed E-state index contributed by atoms with van der Waals surface area (Å²) in [6, 6.07) is 3.55. The fraction of sp³-hybridized carbons (Fsp3) is 0.600. The van der Waals surface area contributed by atoms with Gasteiger partial charge in [0.1, 0.15) is 5.82 Å². The summed E-state index contributed by atoms with van der Waals surface area (Å²) in [7, 11) is 4.07. The number of rotatable bonds is 8. The Hall–Kier alpha value is -1.66. The van der Waals surface area contributed by atoms with E-state index < -0.39 is 0 Å². The van der Waals surface area contributed by atoms with Crippen molar-refractivity contribution in [1.29, 1.82) is 0 Å². The number of amides is 1. The van der Waals surface area contributed by atoms with Gasteiger partial charge in [0, 0.05) is 24.3 Å². The van der Waals surface area contributed by atoms with Crippen LogP contribution in [-0.4, -0.2) is 54.4 Å². The summed E-state index contributed by atoms with van der Waals surface area (Å²) >= 11 is 0. The average Bonchev–Trinajstić information content (AvgIpc) is 2.50. The first-order valence-corrected chi connectivity index (χ1v) is 7.43. The normalized spacial score (nSPS) is 10.8. The number of aryl methyl sites for hydroxylation is 1. The fourth-order valence-electron chi connectivity index (χ4n) is 2.13. The molecule has 0 atom stereocenters. The second-order valence-electron chi connectivity index (χ2n) is 5.27. The van der Waals surface area contributed by atoms with E-state index in [0.29, 0.717) is 17.9 Å². The largest absolute Gasteiger partial charge is 0.339 e. The molecule has 6 nitrogen and oxygen atoms in total. The van der Waals surface area contributed by atoms with E-state index in [-0.39, 0.29) is 5.91 Å². The van der Waals surface area contributed by atoms with Crippen LogP contribution in [-0.2, 0) is 6.42 Å². The van der Waals surface area contributed by atoms with Gasteiger partial charge in [-0.05, 0) is 52.5 Å². The Morgan fingerprint density at radius 1 is 1.29 bits per heavy atom. The number of hydrogen-bond acceptors (Lipinski definition) is 5. The molecule has 0 saturated heterocycles. The van der Waals surface area contributed by atoms with Crippen molar-refractivity contribution in [2.45, 2.75) is 26.7 Å². The molecule has 1 aromatic rings. The number of nitrogens with zero attached hydrogens (tertiary/aromatic N) is 3. The zero-order chi connectivity index (χ0) is 15.8. The molecule has 1 heterocycles. The molecule has 1 aromatic heterocycles. The van der Waals surface area contributed by atoms with Crippen molar-refractivity contribution >= 4 is 11.7 Å². The van der Waals surface area contributed by atoms with E-state index in [4.69, 9.17) is 5.84 Å². The zero-order valence-electron chi connectivity index (χ0n) is 13.5. The molecule has 0 aliphatic carbocycles. The number of carbonyl (C=O) groups excluding carboxylic acids is 1. The van der Waals surface area contributed by atoms with Crippen LogP contribution in [0.4, 0.5) is 5.82 Å². The van der Waals surface area contributed by atoms with Crippen molar-refractivity contribution in [3.63, 3.8) is 0 Å². The quantitative estimate of drug-likeness (QED) is 0.559. The van der Waals surface area contributed by atoms with Crippen LogP contribution in [0.15, 0.2) is 12.1 Å². The molecular formula is C15H27N5O. The predicted molar refractivity (Wildman–Crippen MR) is 86.2 cm³/mol. The molecule has 0 bridgehead atoms.